The van der Waals surface area contributed by atoms with Gasteiger partial charge in [0.15, 0.2) is 0 Å². The maximum absolute atomic E-state index is 13.3. The fourth-order valence-corrected chi connectivity index (χ4v) is 4.40. The number of aryl methyl sites for hydroxylation is 1. The Hall–Kier alpha value is -2.57. The Morgan fingerprint density at radius 1 is 1.21 bits per heavy atom. The number of rotatable bonds is 9. The van der Waals surface area contributed by atoms with Gasteiger partial charge in [-0.1, -0.05) is 41.9 Å². The van der Waals surface area contributed by atoms with Crippen molar-refractivity contribution in [2.45, 2.75) is 44.8 Å². The average molecular weight is 485 g/mol. The number of carbonyl (C=O) groups is 2. The van der Waals surface area contributed by atoms with Gasteiger partial charge in [0.25, 0.3) is 0 Å². The summed E-state index contributed by atoms with van der Waals surface area (Å²) in [7, 11) is 1.80. The molecule has 1 heterocycles. The average Bonchev–Trinajstić information content (AvgIpc) is 3.64. The zero-order valence-electron chi connectivity index (χ0n) is 20.0. The molecule has 1 atom stereocenters. The Kier molecular flexibility index (Phi) is 7.79. The van der Waals surface area contributed by atoms with Crippen molar-refractivity contribution in [3.8, 4) is 5.75 Å². The molecule has 0 radical (unpaired) electrons. The summed E-state index contributed by atoms with van der Waals surface area (Å²) in [5.74, 6) is 1.27. The molecule has 1 aliphatic carbocycles. The number of amides is 2. The lowest BCUT2D eigenvalue weighted by atomic mass is 9.96. The molecule has 7 heteroatoms. The van der Waals surface area contributed by atoms with Crippen LogP contribution in [0.5, 0.6) is 5.75 Å². The van der Waals surface area contributed by atoms with E-state index in [2.05, 4.69) is 0 Å². The van der Waals surface area contributed by atoms with Gasteiger partial charge < -0.3 is 19.3 Å². The van der Waals surface area contributed by atoms with Gasteiger partial charge in [0.1, 0.15) is 18.0 Å². The van der Waals surface area contributed by atoms with Gasteiger partial charge in [0.05, 0.1) is 19.6 Å². The van der Waals surface area contributed by atoms with Gasteiger partial charge in [0.2, 0.25) is 11.8 Å². The SMILES string of the molecule is Cc1cc(OC[C@@]2(CC(=O)N(C)Cc3ccccc3)CN(C(=O)CC3CC3)CCO2)ccc1Cl. The van der Waals surface area contributed by atoms with Gasteiger partial charge in [-0.15, -0.1) is 0 Å². The van der Waals surface area contributed by atoms with E-state index < -0.39 is 5.60 Å². The van der Waals surface area contributed by atoms with E-state index >= 15 is 0 Å². The maximum Gasteiger partial charge on any atom is 0.225 e. The van der Waals surface area contributed by atoms with Crippen molar-refractivity contribution in [1.29, 1.82) is 0 Å². The number of nitrogens with zero attached hydrogens (tertiary/aromatic N) is 2. The minimum Gasteiger partial charge on any atom is -0.490 e. The molecule has 182 valence electrons. The maximum atomic E-state index is 13.3. The van der Waals surface area contributed by atoms with Crippen molar-refractivity contribution >= 4 is 23.4 Å². The highest BCUT2D eigenvalue weighted by atomic mass is 35.5. The zero-order chi connectivity index (χ0) is 24.1. The first-order chi connectivity index (χ1) is 16.3. The van der Waals surface area contributed by atoms with Crippen molar-refractivity contribution in [3.63, 3.8) is 0 Å². The first kappa shape index (κ1) is 24.6. The smallest absolute Gasteiger partial charge is 0.225 e. The van der Waals surface area contributed by atoms with Gasteiger partial charge in [-0.05, 0) is 55.0 Å². The van der Waals surface area contributed by atoms with Crippen LogP contribution in [0.1, 0.15) is 36.8 Å². The van der Waals surface area contributed by atoms with Crippen LogP contribution in [0.15, 0.2) is 48.5 Å². The lowest BCUT2D eigenvalue weighted by Crippen LogP contribution is -2.58. The second-order valence-electron chi connectivity index (χ2n) is 9.61. The van der Waals surface area contributed by atoms with E-state index in [1.54, 1.807) is 18.0 Å². The molecule has 2 aromatic rings. The zero-order valence-corrected chi connectivity index (χ0v) is 20.7. The van der Waals surface area contributed by atoms with E-state index in [4.69, 9.17) is 21.1 Å². The third-order valence-electron chi connectivity index (χ3n) is 6.55. The largest absolute Gasteiger partial charge is 0.490 e. The van der Waals surface area contributed by atoms with Crippen LogP contribution in [-0.2, 0) is 20.9 Å². The summed E-state index contributed by atoms with van der Waals surface area (Å²) in [6, 6.07) is 15.4. The highest BCUT2D eigenvalue weighted by molar-refractivity contribution is 6.31. The van der Waals surface area contributed by atoms with Crippen molar-refractivity contribution in [3.05, 3.63) is 64.7 Å². The molecule has 0 bridgehead atoms. The minimum absolute atomic E-state index is 0.0452. The summed E-state index contributed by atoms with van der Waals surface area (Å²) in [4.78, 5) is 29.7. The number of morpholine rings is 1. The van der Waals surface area contributed by atoms with Crippen LogP contribution in [0.4, 0.5) is 0 Å². The van der Waals surface area contributed by atoms with E-state index in [0.29, 0.717) is 49.4 Å². The molecule has 2 aromatic carbocycles. The predicted molar refractivity (Wildman–Crippen MR) is 132 cm³/mol. The number of hydrogen-bond acceptors (Lipinski definition) is 4. The first-order valence-corrected chi connectivity index (χ1v) is 12.3. The number of halogens is 1. The van der Waals surface area contributed by atoms with Crippen LogP contribution in [0.2, 0.25) is 5.02 Å². The molecule has 2 aliphatic rings. The summed E-state index contributed by atoms with van der Waals surface area (Å²) in [5, 5.41) is 0.672. The second-order valence-corrected chi connectivity index (χ2v) is 10.0. The number of carbonyl (C=O) groups excluding carboxylic acids is 2. The van der Waals surface area contributed by atoms with Crippen molar-refractivity contribution in [2.75, 3.05) is 33.4 Å². The van der Waals surface area contributed by atoms with E-state index in [1.807, 2.05) is 54.3 Å². The summed E-state index contributed by atoms with van der Waals surface area (Å²) < 4.78 is 12.3. The van der Waals surface area contributed by atoms with E-state index in [0.717, 1.165) is 24.0 Å². The Balaban J connectivity index is 1.48. The van der Waals surface area contributed by atoms with Crippen LogP contribution in [0.3, 0.4) is 0 Å². The van der Waals surface area contributed by atoms with Gasteiger partial charge in [0, 0.05) is 31.6 Å². The van der Waals surface area contributed by atoms with Gasteiger partial charge in [-0.3, -0.25) is 9.59 Å². The summed E-state index contributed by atoms with van der Waals surface area (Å²) >= 11 is 6.15. The summed E-state index contributed by atoms with van der Waals surface area (Å²) in [6.45, 7) is 3.87. The van der Waals surface area contributed by atoms with Crippen LogP contribution in [-0.4, -0.2) is 60.6 Å². The Bertz CT molecular complexity index is 1010. The van der Waals surface area contributed by atoms with Crippen LogP contribution in [0, 0.1) is 12.8 Å². The lowest BCUT2D eigenvalue weighted by Gasteiger charge is -2.42. The van der Waals surface area contributed by atoms with E-state index in [9.17, 15) is 9.59 Å². The van der Waals surface area contributed by atoms with Crippen molar-refractivity contribution in [1.82, 2.24) is 9.80 Å². The molecule has 1 saturated carbocycles. The monoisotopic (exact) mass is 484 g/mol. The van der Waals surface area contributed by atoms with Gasteiger partial charge >= 0.3 is 0 Å². The quantitative estimate of drug-likeness (QED) is 0.526. The Morgan fingerprint density at radius 3 is 2.68 bits per heavy atom. The molecule has 0 aromatic heterocycles. The normalized spacial score (nSPS) is 20.1. The summed E-state index contributed by atoms with van der Waals surface area (Å²) in [5.41, 5.74) is 1.07. The number of benzene rings is 2. The molecule has 6 nitrogen and oxygen atoms in total. The molecule has 2 fully saturated rings. The van der Waals surface area contributed by atoms with E-state index in [1.165, 1.54) is 0 Å². The number of hydrogen-bond donors (Lipinski definition) is 0. The summed E-state index contributed by atoms with van der Waals surface area (Å²) in [6.07, 6.45) is 2.97. The standard InChI is InChI=1S/C27H33ClN2O4/c1-20-14-23(10-11-24(20)28)33-19-27(16-26(32)29(2)17-22-6-4-3-5-7-22)18-30(12-13-34-27)25(31)15-21-8-9-21/h3-7,10-11,14,21H,8-9,12-13,15-19H2,1-2H3/t27-/m1/s1. The molecule has 2 amide bonds. The molecule has 0 spiro atoms. The van der Waals surface area contributed by atoms with Crippen molar-refractivity contribution < 1.29 is 19.1 Å². The van der Waals surface area contributed by atoms with Gasteiger partial charge in [-0.25, -0.2) is 0 Å². The topological polar surface area (TPSA) is 59.1 Å². The minimum atomic E-state index is -0.910. The molecule has 1 saturated heterocycles. The van der Waals surface area contributed by atoms with Crippen LogP contribution < -0.4 is 4.74 Å². The molecular weight excluding hydrogens is 452 g/mol. The molecule has 0 unspecified atom stereocenters. The first-order valence-electron chi connectivity index (χ1n) is 11.9. The van der Waals surface area contributed by atoms with Crippen LogP contribution in [0.25, 0.3) is 0 Å². The Labute approximate surface area is 206 Å². The molecule has 4 rings (SSSR count). The number of ether oxygens (including phenoxy) is 2. The second kappa shape index (κ2) is 10.8. The highest BCUT2D eigenvalue weighted by Gasteiger charge is 2.42. The molecule has 0 N–H and O–H groups in total. The lowest BCUT2D eigenvalue weighted by molar-refractivity contribution is -0.165. The molecule has 34 heavy (non-hydrogen) atoms. The van der Waals surface area contributed by atoms with Crippen molar-refractivity contribution in [2.24, 2.45) is 5.92 Å². The van der Waals surface area contributed by atoms with Gasteiger partial charge in [-0.2, -0.15) is 0 Å². The fourth-order valence-electron chi connectivity index (χ4n) is 4.28. The molecule has 1 aliphatic heterocycles. The van der Waals surface area contributed by atoms with E-state index in [-0.39, 0.29) is 24.8 Å². The van der Waals surface area contributed by atoms with Crippen LogP contribution >= 0.6 is 11.6 Å². The molecular formula is C27H33ClN2O4. The predicted octanol–water partition coefficient (Wildman–Crippen LogP) is 4.47. The Morgan fingerprint density at radius 2 is 1.97 bits per heavy atom. The fraction of sp³-hybridized carbons (Fsp3) is 0.481. The highest BCUT2D eigenvalue weighted by Crippen LogP contribution is 2.34. The third kappa shape index (κ3) is 6.51. The third-order valence-corrected chi connectivity index (χ3v) is 6.98.